The van der Waals surface area contributed by atoms with Crippen LogP contribution in [0.25, 0.3) is 21.5 Å². The van der Waals surface area contributed by atoms with Crippen molar-refractivity contribution >= 4 is 26.7 Å². The van der Waals surface area contributed by atoms with Gasteiger partial charge in [0.15, 0.2) is 5.13 Å². The van der Waals surface area contributed by atoms with Gasteiger partial charge in [-0.25, -0.2) is 9.37 Å². The molecule has 0 amide bonds. The normalized spacial score (nSPS) is 19.4. The van der Waals surface area contributed by atoms with Crippen molar-refractivity contribution < 1.29 is 4.39 Å². The predicted octanol–water partition coefficient (Wildman–Crippen LogP) is 4.95. The molecule has 0 radical (unpaired) electrons. The number of piperidine rings is 2. The van der Waals surface area contributed by atoms with Gasteiger partial charge in [0.1, 0.15) is 11.3 Å². The topological polar surface area (TPSA) is 32.3 Å². The molecule has 4 heterocycles. The summed E-state index contributed by atoms with van der Waals surface area (Å²) < 4.78 is 15.2. The summed E-state index contributed by atoms with van der Waals surface area (Å²) in [6.45, 7) is 4.68. The first-order valence-corrected chi connectivity index (χ1v) is 11.1. The number of halogens is 1. The van der Waals surface area contributed by atoms with Crippen LogP contribution in [0.4, 0.5) is 9.52 Å². The fourth-order valence-electron chi connectivity index (χ4n) is 4.48. The van der Waals surface area contributed by atoms with Crippen molar-refractivity contribution in [2.75, 3.05) is 31.1 Å². The predicted molar refractivity (Wildman–Crippen MR) is 113 cm³/mol. The minimum atomic E-state index is -0.237. The zero-order valence-electron chi connectivity index (χ0n) is 16.0. The van der Waals surface area contributed by atoms with Crippen molar-refractivity contribution in [3.8, 4) is 11.3 Å². The zero-order valence-corrected chi connectivity index (χ0v) is 16.8. The molecule has 2 aliphatic heterocycles. The highest BCUT2D eigenvalue weighted by molar-refractivity contribution is 7.22. The van der Waals surface area contributed by atoms with Gasteiger partial charge in [0.05, 0.1) is 16.6 Å². The lowest BCUT2D eigenvalue weighted by molar-refractivity contribution is 0.141. The molecule has 2 aromatic heterocycles. The number of rotatable bonds is 3. The molecular weight excluding hydrogens is 371 g/mol. The van der Waals surface area contributed by atoms with Crippen LogP contribution in [0.2, 0.25) is 0 Å². The Bertz CT molecular complexity index is 958. The third kappa shape index (κ3) is 3.51. The van der Waals surface area contributed by atoms with Crippen molar-refractivity contribution in [2.24, 2.45) is 0 Å². The Hall–Kier alpha value is -2.05. The molecule has 0 bridgehead atoms. The van der Waals surface area contributed by atoms with Crippen molar-refractivity contribution in [3.63, 3.8) is 0 Å². The molecule has 0 spiro atoms. The van der Waals surface area contributed by atoms with Crippen LogP contribution in [0.5, 0.6) is 0 Å². The van der Waals surface area contributed by atoms with Gasteiger partial charge >= 0.3 is 0 Å². The second-order valence-corrected chi connectivity index (χ2v) is 8.84. The van der Waals surface area contributed by atoms with Crippen LogP contribution in [-0.2, 0) is 0 Å². The second kappa shape index (κ2) is 7.76. The molecule has 146 valence electrons. The fraction of sp³-hybridized carbons (Fsp3) is 0.455. The van der Waals surface area contributed by atoms with Crippen LogP contribution in [0.1, 0.15) is 32.1 Å². The van der Waals surface area contributed by atoms with Crippen molar-refractivity contribution in [2.45, 2.75) is 38.1 Å². The maximum absolute atomic E-state index is 14.1. The highest BCUT2D eigenvalue weighted by atomic mass is 32.1. The Morgan fingerprint density at radius 2 is 1.79 bits per heavy atom. The maximum atomic E-state index is 14.1. The number of hydrogen-bond acceptors (Lipinski definition) is 5. The molecular formula is C22H25FN4S. The third-order valence-corrected chi connectivity index (χ3v) is 7.13. The van der Waals surface area contributed by atoms with Gasteiger partial charge in [-0.15, -0.1) is 0 Å². The van der Waals surface area contributed by atoms with Crippen LogP contribution >= 0.6 is 11.3 Å². The number of anilines is 1. The van der Waals surface area contributed by atoms with Gasteiger partial charge in [-0.2, -0.15) is 0 Å². The van der Waals surface area contributed by atoms with Gasteiger partial charge in [-0.1, -0.05) is 29.9 Å². The monoisotopic (exact) mass is 396 g/mol. The van der Waals surface area contributed by atoms with Gasteiger partial charge in [0.2, 0.25) is 0 Å². The molecule has 4 nitrogen and oxygen atoms in total. The van der Waals surface area contributed by atoms with Crippen molar-refractivity contribution in [3.05, 3.63) is 42.3 Å². The molecule has 5 rings (SSSR count). The second-order valence-electron chi connectivity index (χ2n) is 7.83. The highest BCUT2D eigenvalue weighted by Crippen LogP contribution is 2.33. The summed E-state index contributed by atoms with van der Waals surface area (Å²) in [5.74, 6) is -0.237. The average molecular weight is 397 g/mol. The number of pyridine rings is 1. The molecule has 6 heteroatoms. The first-order valence-electron chi connectivity index (χ1n) is 10.3. The molecule has 2 aliphatic rings. The molecule has 28 heavy (non-hydrogen) atoms. The fourth-order valence-corrected chi connectivity index (χ4v) is 5.50. The van der Waals surface area contributed by atoms with Gasteiger partial charge in [-0.3, -0.25) is 4.98 Å². The van der Waals surface area contributed by atoms with Crippen molar-refractivity contribution in [1.29, 1.82) is 0 Å². The van der Waals surface area contributed by atoms with E-state index in [1.165, 1.54) is 51.3 Å². The number of nitrogens with zero attached hydrogens (tertiary/aromatic N) is 4. The van der Waals surface area contributed by atoms with E-state index in [1.807, 2.05) is 12.1 Å². The molecule has 0 N–H and O–H groups in total. The number of benzene rings is 1. The summed E-state index contributed by atoms with van der Waals surface area (Å²) in [5.41, 5.74) is 2.12. The summed E-state index contributed by atoms with van der Waals surface area (Å²) in [6.07, 6.45) is 8.32. The van der Waals surface area contributed by atoms with Crippen molar-refractivity contribution in [1.82, 2.24) is 14.9 Å². The van der Waals surface area contributed by atoms with E-state index in [0.717, 1.165) is 34.5 Å². The maximum Gasteiger partial charge on any atom is 0.186 e. The largest absolute Gasteiger partial charge is 0.348 e. The van der Waals surface area contributed by atoms with Crippen LogP contribution in [0.3, 0.4) is 0 Å². The van der Waals surface area contributed by atoms with Crippen LogP contribution in [0, 0.1) is 5.82 Å². The number of likely N-dealkylation sites (tertiary alicyclic amines) is 1. The first-order chi connectivity index (χ1) is 13.8. The molecule has 0 aliphatic carbocycles. The van der Waals surface area contributed by atoms with Gasteiger partial charge < -0.3 is 9.80 Å². The van der Waals surface area contributed by atoms with E-state index < -0.39 is 0 Å². The lowest BCUT2D eigenvalue weighted by atomic mass is 10.0. The average Bonchev–Trinajstić information content (AvgIpc) is 3.18. The number of fused-ring (bicyclic) bond motifs is 1. The van der Waals surface area contributed by atoms with Gasteiger partial charge in [-0.05, 0) is 57.0 Å². The molecule has 0 saturated carbocycles. The number of aromatic nitrogens is 2. The van der Waals surface area contributed by atoms with E-state index in [-0.39, 0.29) is 5.82 Å². The molecule has 1 aromatic carbocycles. The first kappa shape index (κ1) is 18.0. The summed E-state index contributed by atoms with van der Waals surface area (Å²) >= 11 is 1.69. The highest BCUT2D eigenvalue weighted by Gasteiger charge is 2.26. The minimum absolute atomic E-state index is 0.237. The van der Waals surface area contributed by atoms with E-state index >= 15 is 0 Å². The van der Waals surface area contributed by atoms with E-state index in [4.69, 9.17) is 4.98 Å². The molecule has 0 atom stereocenters. The van der Waals surface area contributed by atoms with Crippen LogP contribution in [0.15, 0.2) is 36.5 Å². The quantitative estimate of drug-likeness (QED) is 0.627. The van der Waals surface area contributed by atoms with Gasteiger partial charge in [0.25, 0.3) is 0 Å². The Labute approximate surface area is 169 Å². The standard InChI is InChI=1S/C22H25FN4S/c23-18-7-3-2-6-17(18)19-14-21-20(15-24-19)25-22(28-21)27-12-8-16(9-13-27)26-10-4-1-5-11-26/h2-3,6-7,14-16H,1,4-5,8-13H2. The summed E-state index contributed by atoms with van der Waals surface area (Å²) in [6, 6.07) is 9.50. The molecule has 2 fully saturated rings. The molecule has 3 aromatic rings. The SMILES string of the molecule is Fc1ccccc1-c1cc2sc(N3CCC(N4CCCCC4)CC3)nc2cn1. The Kier molecular flexibility index (Phi) is 4.99. The zero-order chi connectivity index (χ0) is 18.9. The number of thiazole rings is 1. The van der Waals surface area contributed by atoms with Crippen LogP contribution < -0.4 is 4.90 Å². The third-order valence-electron chi connectivity index (χ3n) is 6.06. The van der Waals surface area contributed by atoms with E-state index in [0.29, 0.717) is 11.3 Å². The number of hydrogen-bond donors (Lipinski definition) is 0. The van der Waals surface area contributed by atoms with Gasteiger partial charge in [0, 0.05) is 24.7 Å². The summed E-state index contributed by atoms with van der Waals surface area (Å²) in [7, 11) is 0. The van der Waals surface area contributed by atoms with E-state index in [1.54, 1.807) is 29.7 Å². The summed E-state index contributed by atoms with van der Waals surface area (Å²) in [4.78, 5) is 14.4. The Morgan fingerprint density at radius 3 is 2.57 bits per heavy atom. The molecule has 0 unspecified atom stereocenters. The Morgan fingerprint density at radius 1 is 1.00 bits per heavy atom. The summed E-state index contributed by atoms with van der Waals surface area (Å²) in [5, 5.41) is 1.07. The smallest absolute Gasteiger partial charge is 0.186 e. The Balaban J connectivity index is 1.32. The van der Waals surface area contributed by atoms with Crippen LogP contribution in [-0.4, -0.2) is 47.1 Å². The van der Waals surface area contributed by atoms with E-state index in [9.17, 15) is 4.39 Å². The van der Waals surface area contributed by atoms with E-state index in [2.05, 4.69) is 14.8 Å². The lowest BCUT2D eigenvalue weighted by Crippen LogP contribution is -2.46. The minimum Gasteiger partial charge on any atom is -0.348 e. The molecule has 2 saturated heterocycles. The lowest BCUT2D eigenvalue weighted by Gasteiger charge is -2.40.